The number of hydrogen-bond donors (Lipinski definition) is 2. The average molecular weight is 449 g/mol. The van der Waals surface area contributed by atoms with Gasteiger partial charge in [-0.1, -0.05) is 32.4 Å². The van der Waals surface area contributed by atoms with Gasteiger partial charge in [0.2, 0.25) is 12.3 Å². The minimum absolute atomic E-state index is 0.0880. The quantitative estimate of drug-likeness (QED) is 0.656. The maximum atomic E-state index is 11.0. The van der Waals surface area contributed by atoms with Crippen LogP contribution in [0.4, 0.5) is 0 Å². The summed E-state index contributed by atoms with van der Waals surface area (Å²) in [7, 11) is 1.63. The Labute approximate surface area is 190 Å². The molecule has 8 heteroatoms. The largest absolute Gasteiger partial charge is 0.496 e. The van der Waals surface area contributed by atoms with Gasteiger partial charge in [0.25, 0.3) is 0 Å². The Morgan fingerprint density at radius 3 is 2.61 bits per heavy atom. The monoisotopic (exact) mass is 448 g/mol. The zero-order valence-electron chi connectivity index (χ0n) is 19.3. The normalized spacial score (nSPS) is 14.6. The van der Waals surface area contributed by atoms with Crippen LogP contribution in [0.3, 0.4) is 0 Å². The smallest absolute Gasteiger partial charge is 0.236 e. The number of aromatic nitrogens is 1. The summed E-state index contributed by atoms with van der Waals surface area (Å²) in [4.78, 5) is 28.6. The van der Waals surface area contributed by atoms with Crippen LogP contribution in [0.1, 0.15) is 51.3 Å². The summed E-state index contributed by atoms with van der Waals surface area (Å²) in [6.07, 6.45) is 4.19. The first-order valence-corrected chi connectivity index (χ1v) is 11.5. The SMILES string of the molecule is CC1CCCN1C(=O)CN.CCC.COc1cc(-c2scnc2C)ccc1CNC=O. The molecule has 0 spiro atoms. The van der Waals surface area contributed by atoms with Gasteiger partial charge in [0, 0.05) is 24.7 Å². The van der Waals surface area contributed by atoms with E-state index in [9.17, 15) is 9.59 Å². The van der Waals surface area contributed by atoms with E-state index in [0.29, 0.717) is 19.0 Å². The van der Waals surface area contributed by atoms with Crippen LogP contribution in [0.2, 0.25) is 0 Å². The number of methoxy groups -OCH3 is 1. The van der Waals surface area contributed by atoms with Crippen LogP contribution < -0.4 is 15.8 Å². The van der Waals surface area contributed by atoms with Crippen LogP contribution in [0.25, 0.3) is 10.4 Å². The molecule has 31 heavy (non-hydrogen) atoms. The van der Waals surface area contributed by atoms with E-state index < -0.39 is 0 Å². The molecule has 1 aromatic carbocycles. The third-order valence-corrected chi connectivity index (χ3v) is 5.70. The first-order chi connectivity index (χ1) is 14.9. The number of thiazole rings is 1. The zero-order valence-corrected chi connectivity index (χ0v) is 20.1. The molecule has 1 unspecified atom stereocenters. The topological polar surface area (TPSA) is 97.6 Å². The zero-order chi connectivity index (χ0) is 23.2. The Bertz CT molecular complexity index is 810. The lowest BCUT2D eigenvalue weighted by molar-refractivity contribution is -0.130. The third-order valence-electron chi connectivity index (χ3n) is 4.72. The summed E-state index contributed by atoms with van der Waals surface area (Å²) in [6, 6.07) is 6.37. The number of ether oxygens (including phenoxy) is 1. The van der Waals surface area contributed by atoms with Gasteiger partial charge < -0.3 is 20.7 Å². The Kier molecular flexibility index (Phi) is 12.5. The molecular formula is C23H36N4O3S. The Morgan fingerprint density at radius 2 is 2.13 bits per heavy atom. The van der Waals surface area contributed by atoms with Crippen molar-refractivity contribution in [2.45, 2.75) is 59.5 Å². The van der Waals surface area contributed by atoms with Crippen molar-refractivity contribution in [3.05, 3.63) is 35.0 Å². The second-order valence-electron chi connectivity index (χ2n) is 7.28. The molecule has 1 aliphatic rings. The second kappa shape index (κ2) is 14.5. The number of carbonyl (C=O) groups excluding carboxylic acids is 2. The molecule has 2 heterocycles. The van der Waals surface area contributed by atoms with E-state index in [2.05, 4.69) is 31.1 Å². The predicted octanol–water partition coefficient (Wildman–Crippen LogP) is 3.75. The molecule has 1 aromatic heterocycles. The number of nitrogens with two attached hydrogens (primary N) is 1. The van der Waals surface area contributed by atoms with E-state index in [1.54, 1.807) is 18.4 Å². The van der Waals surface area contributed by atoms with E-state index >= 15 is 0 Å². The van der Waals surface area contributed by atoms with E-state index in [-0.39, 0.29) is 12.5 Å². The highest BCUT2D eigenvalue weighted by Crippen LogP contribution is 2.31. The number of hydrogen-bond acceptors (Lipinski definition) is 6. The van der Waals surface area contributed by atoms with Gasteiger partial charge in [-0.3, -0.25) is 9.59 Å². The van der Waals surface area contributed by atoms with Crippen molar-refractivity contribution in [1.82, 2.24) is 15.2 Å². The molecule has 2 amide bonds. The lowest BCUT2D eigenvalue weighted by Gasteiger charge is -2.19. The Morgan fingerprint density at radius 1 is 1.42 bits per heavy atom. The van der Waals surface area contributed by atoms with Crippen LogP contribution in [0.15, 0.2) is 23.7 Å². The second-order valence-corrected chi connectivity index (χ2v) is 8.14. The van der Waals surface area contributed by atoms with Crippen molar-refractivity contribution >= 4 is 23.7 Å². The van der Waals surface area contributed by atoms with E-state index in [1.165, 1.54) is 6.42 Å². The fraction of sp³-hybridized carbons (Fsp3) is 0.522. The van der Waals surface area contributed by atoms with Crippen molar-refractivity contribution in [3.8, 4) is 16.2 Å². The lowest BCUT2D eigenvalue weighted by atomic mass is 10.1. The molecule has 0 radical (unpaired) electrons. The van der Waals surface area contributed by atoms with Gasteiger partial charge in [0.15, 0.2) is 0 Å². The van der Waals surface area contributed by atoms with Crippen molar-refractivity contribution in [1.29, 1.82) is 0 Å². The maximum Gasteiger partial charge on any atom is 0.236 e. The number of benzene rings is 1. The Hall–Kier alpha value is -2.45. The molecule has 1 atom stereocenters. The molecule has 172 valence electrons. The molecule has 1 saturated heterocycles. The number of nitrogens with zero attached hydrogens (tertiary/aromatic N) is 2. The number of carbonyl (C=O) groups is 2. The van der Waals surface area contributed by atoms with Crippen molar-refractivity contribution in [2.24, 2.45) is 5.73 Å². The van der Waals surface area contributed by atoms with Crippen molar-refractivity contribution in [2.75, 3.05) is 20.2 Å². The van der Waals surface area contributed by atoms with Crippen LogP contribution in [0.5, 0.6) is 5.75 Å². The number of amides is 2. The van der Waals surface area contributed by atoms with E-state index in [4.69, 9.17) is 10.5 Å². The van der Waals surface area contributed by atoms with Gasteiger partial charge in [-0.2, -0.15) is 0 Å². The van der Waals surface area contributed by atoms with Crippen LogP contribution >= 0.6 is 11.3 Å². The molecule has 7 nitrogen and oxygen atoms in total. The molecule has 0 bridgehead atoms. The highest BCUT2D eigenvalue weighted by atomic mass is 32.1. The van der Waals surface area contributed by atoms with Gasteiger partial charge in [-0.15, -0.1) is 11.3 Å². The highest BCUT2D eigenvalue weighted by Gasteiger charge is 2.23. The Balaban J connectivity index is 0.000000311. The molecule has 0 aliphatic carbocycles. The summed E-state index contributed by atoms with van der Waals surface area (Å²) < 4.78 is 5.35. The minimum Gasteiger partial charge on any atom is -0.496 e. The fourth-order valence-electron chi connectivity index (χ4n) is 3.18. The molecule has 3 N–H and O–H groups in total. The maximum absolute atomic E-state index is 11.0. The highest BCUT2D eigenvalue weighted by molar-refractivity contribution is 7.13. The van der Waals surface area contributed by atoms with Crippen molar-refractivity contribution < 1.29 is 14.3 Å². The fourth-order valence-corrected chi connectivity index (χ4v) is 3.99. The first-order valence-electron chi connectivity index (χ1n) is 10.7. The van der Waals surface area contributed by atoms with Crippen LogP contribution in [-0.4, -0.2) is 48.4 Å². The molecular weight excluding hydrogens is 412 g/mol. The number of rotatable bonds is 6. The molecule has 1 fully saturated rings. The molecule has 0 saturated carbocycles. The van der Waals surface area contributed by atoms with Gasteiger partial charge in [-0.25, -0.2) is 4.98 Å². The number of likely N-dealkylation sites (tertiary alicyclic amines) is 1. The van der Waals surface area contributed by atoms with E-state index in [1.807, 2.05) is 35.5 Å². The summed E-state index contributed by atoms with van der Waals surface area (Å²) in [5.41, 5.74) is 10.1. The molecule has 1 aliphatic heterocycles. The van der Waals surface area contributed by atoms with E-state index in [0.717, 1.165) is 46.8 Å². The van der Waals surface area contributed by atoms with Gasteiger partial charge >= 0.3 is 0 Å². The number of nitrogens with one attached hydrogen (secondary N) is 1. The van der Waals surface area contributed by atoms with Crippen LogP contribution in [0, 0.1) is 6.92 Å². The standard InChI is InChI=1S/C13H14N2O2S.C7H14N2O.C3H8/c1-9-13(18-8-15-9)10-3-4-11(6-14-7-16)12(5-10)17-2;1-6-3-2-4-9(6)7(10)5-8;1-3-2/h3-5,7-8H,6H2,1-2H3,(H,14,16);6H,2-5,8H2,1H3;3H2,1-2H3. The third kappa shape index (κ3) is 8.30. The summed E-state index contributed by atoms with van der Waals surface area (Å²) >= 11 is 1.61. The summed E-state index contributed by atoms with van der Waals surface area (Å²) in [5, 5.41) is 2.63. The van der Waals surface area contributed by atoms with Crippen LogP contribution in [-0.2, 0) is 16.1 Å². The van der Waals surface area contributed by atoms with Gasteiger partial charge in [0.05, 0.1) is 29.7 Å². The summed E-state index contributed by atoms with van der Waals surface area (Å²) in [6.45, 7) is 9.83. The van der Waals surface area contributed by atoms with Crippen molar-refractivity contribution in [3.63, 3.8) is 0 Å². The first kappa shape index (κ1) is 26.6. The minimum atomic E-state index is 0.0880. The average Bonchev–Trinajstić information content (AvgIpc) is 3.40. The number of aryl methyl sites for hydroxylation is 1. The predicted molar refractivity (Wildman–Crippen MR) is 127 cm³/mol. The summed E-state index contributed by atoms with van der Waals surface area (Å²) in [5.74, 6) is 0.861. The van der Waals surface area contributed by atoms with Gasteiger partial charge in [-0.05, 0) is 38.3 Å². The molecule has 3 rings (SSSR count). The molecule has 2 aromatic rings. The lowest BCUT2D eigenvalue weighted by Crippen LogP contribution is -2.37. The van der Waals surface area contributed by atoms with Gasteiger partial charge in [0.1, 0.15) is 5.75 Å².